The third-order valence-corrected chi connectivity index (χ3v) is 7.54. The Morgan fingerprint density at radius 1 is 1.09 bits per heavy atom. The van der Waals surface area contributed by atoms with Crippen LogP contribution in [0.5, 0.6) is 5.75 Å². The smallest absolute Gasteiger partial charge is 0.285 e. The van der Waals surface area contributed by atoms with Crippen LogP contribution in [0.1, 0.15) is 21.5 Å². The zero-order valence-corrected chi connectivity index (χ0v) is 22.8. The minimum atomic E-state index is -0.413. The maximum Gasteiger partial charge on any atom is 0.285 e. The minimum absolute atomic E-state index is 0.248. The number of hydrogen-bond acceptors (Lipinski definition) is 5. The first kappa shape index (κ1) is 24.9. The number of amides is 2. The largest absolute Gasteiger partial charge is 0.486 e. The highest BCUT2D eigenvalue weighted by Gasteiger charge is 2.33. The van der Waals surface area contributed by atoms with E-state index in [1.807, 2.05) is 42.5 Å². The summed E-state index contributed by atoms with van der Waals surface area (Å²) in [7, 11) is 0. The lowest BCUT2D eigenvalue weighted by Gasteiger charge is -2.15. The van der Waals surface area contributed by atoms with E-state index in [4.69, 9.17) is 28.6 Å². The lowest BCUT2D eigenvalue weighted by molar-refractivity contribution is -0.123. The Bertz CT molecular complexity index is 1300. The number of benzene rings is 3. The van der Waals surface area contributed by atoms with Gasteiger partial charge >= 0.3 is 0 Å². The number of rotatable bonds is 6. The third kappa shape index (κ3) is 5.72. The van der Waals surface area contributed by atoms with Crippen LogP contribution in [-0.4, -0.2) is 21.1 Å². The molecule has 3 aromatic carbocycles. The fraction of sp³-hybridized carbons (Fsp3) is 0.0417. The first-order chi connectivity index (χ1) is 16.3. The molecule has 0 bridgehead atoms. The van der Waals surface area contributed by atoms with Crippen LogP contribution in [0.25, 0.3) is 6.08 Å². The zero-order chi connectivity index (χ0) is 24.2. The lowest BCUT2D eigenvalue weighted by atomic mass is 10.2. The fourth-order valence-corrected chi connectivity index (χ4v) is 5.86. The van der Waals surface area contributed by atoms with Gasteiger partial charge in [0.15, 0.2) is 4.32 Å². The van der Waals surface area contributed by atoms with Gasteiger partial charge in [-0.15, -0.1) is 0 Å². The normalized spacial score (nSPS) is 14.6. The van der Waals surface area contributed by atoms with Crippen LogP contribution < -0.4 is 10.2 Å². The van der Waals surface area contributed by atoms with Crippen LogP contribution in [0.15, 0.2) is 80.6 Å². The van der Waals surface area contributed by atoms with Crippen molar-refractivity contribution in [1.29, 1.82) is 0 Å². The van der Waals surface area contributed by atoms with E-state index in [0.29, 0.717) is 36.8 Å². The Labute approximate surface area is 227 Å². The molecular weight excluding hydrogens is 624 g/mol. The van der Waals surface area contributed by atoms with Gasteiger partial charge in [-0.25, -0.2) is 0 Å². The summed E-state index contributed by atoms with van der Waals surface area (Å²) in [6, 6.07) is 19.8. The van der Waals surface area contributed by atoms with Crippen LogP contribution in [0.2, 0.25) is 5.02 Å². The highest BCUT2D eigenvalue weighted by molar-refractivity contribution is 9.11. The summed E-state index contributed by atoms with van der Waals surface area (Å²) in [4.78, 5) is 25.7. The summed E-state index contributed by atoms with van der Waals surface area (Å²) in [5.74, 6) is -0.200. The van der Waals surface area contributed by atoms with Crippen molar-refractivity contribution in [1.82, 2.24) is 10.4 Å². The van der Waals surface area contributed by atoms with Gasteiger partial charge in [-0.3, -0.25) is 15.0 Å². The number of carbonyl (C=O) groups excluding carboxylic acids is 2. The maximum atomic E-state index is 12.9. The predicted molar refractivity (Wildman–Crippen MR) is 147 cm³/mol. The quantitative estimate of drug-likeness (QED) is 0.233. The van der Waals surface area contributed by atoms with Crippen LogP contribution >= 0.6 is 67.4 Å². The summed E-state index contributed by atoms with van der Waals surface area (Å²) in [6.07, 6.45) is 1.71. The number of halogens is 3. The van der Waals surface area contributed by atoms with Gasteiger partial charge in [0.25, 0.3) is 11.8 Å². The Balaban J connectivity index is 1.49. The van der Waals surface area contributed by atoms with Crippen molar-refractivity contribution in [2.45, 2.75) is 6.61 Å². The molecular formula is C24H15Br2ClN2O3S2. The minimum Gasteiger partial charge on any atom is -0.486 e. The van der Waals surface area contributed by atoms with Gasteiger partial charge in [-0.2, -0.15) is 5.01 Å². The summed E-state index contributed by atoms with van der Waals surface area (Å²) in [6.45, 7) is 0.302. The first-order valence-corrected chi connectivity index (χ1v) is 13.0. The maximum absolute atomic E-state index is 12.9. The number of thioether (sulfide) groups is 1. The van der Waals surface area contributed by atoms with Crippen molar-refractivity contribution in [2.75, 3.05) is 0 Å². The topological polar surface area (TPSA) is 58.6 Å². The van der Waals surface area contributed by atoms with Gasteiger partial charge in [0.1, 0.15) is 12.4 Å². The second-order valence-corrected chi connectivity index (χ2v) is 10.8. The number of hydrazine groups is 1. The molecule has 172 valence electrons. The van der Waals surface area contributed by atoms with Crippen LogP contribution in [-0.2, 0) is 11.4 Å². The van der Waals surface area contributed by atoms with Gasteiger partial charge in [0.2, 0.25) is 0 Å². The number of hydrogen-bond donors (Lipinski definition) is 1. The number of ether oxygens (including phenoxy) is 1. The standard InChI is InChI=1S/C24H15Br2ClN2O3S2/c25-17-10-14(11-18(26)21(17)32-13-16-8-4-5-9-19(16)27)12-20-23(31)29(24(33)34-20)28-22(30)15-6-2-1-3-7-15/h1-12H,13H2,(H,28,30)/b20-12+. The molecule has 1 fully saturated rings. The van der Waals surface area contributed by atoms with Gasteiger partial charge in [0.05, 0.1) is 13.9 Å². The van der Waals surface area contributed by atoms with E-state index in [2.05, 4.69) is 37.3 Å². The number of nitrogens with zero attached hydrogens (tertiary/aromatic N) is 1. The van der Waals surface area contributed by atoms with Gasteiger partial charge < -0.3 is 4.74 Å². The molecule has 2 amide bonds. The van der Waals surface area contributed by atoms with Gasteiger partial charge in [-0.05, 0) is 86.0 Å². The fourth-order valence-electron chi connectivity index (χ4n) is 3.04. The molecule has 0 atom stereocenters. The second-order valence-electron chi connectivity index (χ2n) is 7.02. The number of carbonyl (C=O) groups is 2. The summed E-state index contributed by atoms with van der Waals surface area (Å²) in [5.41, 5.74) is 4.62. The van der Waals surface area contributed by atoms with E-state index >= 15 is 0 Å². The Kier molecular flexibility index (Phi) is 8.10. The van der Waals surface area contributed by atoms with Crippen molar-refractivity contribution in [3.05, 3.63) is 102 Å². The van der Waals surface area contributed by atoms with E-state index < -0.39 is 11.8 Å². The molecule has 1 aliphatic rings. The summed E-state index contributed by atoms with van der Waals surface area (Å²) < 4.78 is 7.61. The molecule has 0 spiro atoms. The average Bonchev–Trinajstić information content (AvgIpc) is 3.07. The summed E-state index contributed by atoms with van der Waals surface area (Å²) in [5, 5.41) is 1.72. The molecule has 1 aliphatic heterocycles. The Hall–Kier alpha value is -2.17. The SMILES string of the molecule is O=C(NN1C(=O)/C(=C\c2cc(Br)c(OCc3ccccc3Cl)c(Br)c2)SC1=S)c1ccccc1. The molecule has 4 rings (SSSR count). The second kappa shape index (κ2) is 11.0. The highest BCUT2D eigenvalue weighted by atomic mass is 79.9. The van der Waals surface area contributed by atoms with Gasteiger partial charge in [0, 0.05) is 16.1 Å². The zero-order valence-electron chi connectivity index (χ0n) is 17.3. The van der Waals surface area contributed by atoms with E-state index in [1.54, 1.807) is 30.3 Å². The van der Waals surface area contributed by atoms with Crippen molar-refractivity contribution >= 4 is 89.7 Å². The van der Waals surface area contributed by atoms with Crippen molar-refractivity contribution in [2.24, 2.45) is 0 Å². The van der Waals surface area contributed by atoms with Crippen LogP contribution in [0.3, 0.4) is 0 Å². The number of nitrogens with one attached hydrogen (secondary N) is 1. The number of thiocarbonyl (C=S) groups is 1. The molecule has 0 saturated carbocycles. The third-order valence-electron chi connectivity index (χ3n) is 4.69. The van der Waals surface area contributed by atoms with Crippen LogP contribution in [0.4, 0.5) is 0 Å². The van der Waals surface area contributed by atoms with E-state index in [9.17, 15) is 9.59 Å². The molecule has 5 nitrogen and oxygen atoms in total. The van der Waals surface area contributed by atoms with Crippen molar-refractivity contribution in [3.8, 4) is 5.75 Å². The predicted octanol–water partition coefficient (Wildman–Crippen LogP) is 6.99. The van der Waals surface area contributed by atoms with E-state index in [1.165, 1.54) is 0 Å². The molecule has 34 heavy (non-hydrogen) atoms. The molecule has 0 unspecified atom stereocenters. The molecule has 1 heterocycles. The Morgan fingerprint density at radius 2 is 1.74 bits per heavy atom. The first-order valence-electron chi connectivity index (χ1n) is 9.82. The van der Waals surface area contributed by atoms with E-state index in [0.717, 1.165) is 27.9 Å². The Morgan fingerprint density at radius 3 is 2.41 bits per heavy atom. The summed E-state index contributed by atoms with van der Waals surface area (Å²) >= 11 is 19.7. The van der Waals surface area contributed by atoms with Gasteiger partial charge in [-0.1, -0.05) is 59.8 Å². The van der Waals surface area contributed by atoms with Crippen molar-refractivity contribution < 1.29 is 14.3 Å². The monoisotopic (exact) mass is 636 g/mol. The van der Waals surface area contributed by atoms with Crippen molar-refractivity contribution in [3.63, 3.8) is 0 Å². The van der Waals surface area contributed by atoms with E-state index in [-0.39, 0.29) is 4.32 Å². The molecule has 3 aromatic rings. The molecule has 0 radical (unpaired) electrons. The molecule has 0 aromatic heterocycles. The molecule has 0 aliphatic carbocycles. The molecule has 1 saturated heterocycles. The molecule has 10 heteroatoms. The van der Waals surface area contributed by atoms with Crippen LogP contribution in [0, 0.1) is 0 Å². The molecule has 1 N–H and O–H groups in total. The average molecular weight is 639 g/mol. The highest BCUT2D eigenvalue weighted by Crippen LogP contribution is 2.38. The lowest BCUT2D eigenvalue weighted by Crippen LogP contribution is -2.44.